The Labute approximate surface area is 149 Å². The fourth-order valence-electron chi connectivity index (χ4n) is 1.71. The molecule has 0 amide bonds. The fraction of sp³-hybridized carbons (Fsp3) is 0.143. The van der Waals surface area contributed by atoms with Gasteiger partial charge in [-0.05, 0) is 40.8 Å². The van der Waals surface area contributed by atoms with E-state index in [1.807, 2.05) is 22.6 Å². The average Bonchev–Trinajstić information content (AvgIpc) is 2.50. The van der Waals surface area contributed by atoms with Crippen LogP contribution in [0.1, 0.15) is 10.4 Å². The topological polar surface area (TPSA) is 107 Å². The first-order chi connectivity index (χ1) is 11.2. The molecule has 0 saturated carbocycles. The molecule has 7 nitrogen and oxygen atoms in total. The normalized spacial score (nSPS) is 9.92. The molecule has 10 heteroatoms. The summed E-state index contributed by atoms with van der Waals surface area (Å²) in [6, 6.07) is 4.09. The van der Waals surface area contributed by atoms with Crippen molar-refractivity contribution in [3.8, 4) is 0 Å². The van der Waals surface area contributed by atoms with Gasteiger partial charge in [-0.3, -0.25) is 4.79 Å². The highest BCUT2D eigenvalue weighted by Gasteiger charge is 2.20. The van der Waals surface area contributed by atoms with E-state index < -0.39 is 34.4 Å². The van der Waals surface area contributed by atoms with Gasteiger partial charge >= 0.3 is 5.97 Å². The molecule has 24 heavy (non-hydrogen) atoms. The van der Waals surface area contributed by atoms with Crippen LogP contribution in [0.2, 0.25) is 0 Å². The predicted molar refractivity (Wildman–Crippen MR) is 92.2 cm³/mol. The number of pyridine rings is 1. The van der Waals surface area contributed by atoms with Crippen LogP contribution in [0.3, 0.4) is 0 Å². The number of carboxylic acids is 1. The number of carboxylic acid groups (broad SMARTS) is 1. The number of aryl methyl sites for hydroxylation is 1. The monoisotopic (exact) mass is 453 g/mol. The number of carbonyl (C=O) groups is 1. The third kappa shape index (κ3) is 4.72. The number of aromatic carboxylic acids is 1. The van der Waals surface area contributed by atoms with Gasteiger partial charge in [0.25, 0.3) is 5.56 Å². The highest BCUT2D eigenvalue weighted by molar-refractivity contribution is 14.1. The SMILES string of the molecule is CON.Cn1cc(C(=O)O)c(Nc2ccc(I)cc2F)c(F)c1=O. The first kappa shape index (κ1) is 20.0. The summed E-state index contributed by atoms with van der Waals surface area (Å²) in [5.41, 5.74) is -2.16. The van der Waals surface area contributed by atoms with Gasteiger partial charge in [0.2, 0.25) is 5.82 Å². The zero-order valence-corrected chi connectivity index (χ0v) is 14.8. The highest BCUT2D eigenvalue weighted by Crippen LogP contribution is 2.25. The first-order valence-electron chi connectivity index (χ1n) is 6.30. The van der Waals surface area contributed by atoms with Gasteiger partial charge in [-0.15, -0.1) is 0 Å². The van der Waals surface area contributed by atoms with Crippen LogP contribution < -0.4 is 16.8 Å². The molecule has 130 valence electrons. The minimum absolute atomic E-state index is 0.120. The van der Waals surface area contributed by atoms with Gasteiger partial charge in [0.1, 0.15) is 11.4 Å². The Hall–Kier alpha value is -2.05. The van der Waals surface area contributed by atoms with Crippen LogP contribution in [0.15, 0.2) is 29.2 Å². The molecule has 2 aromatic rings. The van der Waals surface area contributed by atoms with Gasteiger partial charge in [-0.2, -0.15) is 4.39 Å². The Morgan fingerprint density at radius 2 is 2.00 bits per heavy atom. The molecule has 0 radical (unpaired) electrons. The molecule has 0 atom stereocenters. The zero-order valence-electron chi connectivity index (χ0n) is 12.6. The van der Waals surface area contributed by atoms with Crippen molar-refractivity contribution in [1.82, 2.24) is 4.57 Å². The number of nitrogens with two attached hydrogens (primary N) is 1. The Bertz CT molecular complexity index is 811. The molecule has 1 aromatic heterocycles. The molecule has 0 fully saturated rings. The Morgan fingerprint density at radius 1 is 1.42 bits per heavy atom. The number of benzene rings is 1. The summed E-state index contributed by atoms with van der Waals surface area (Å²) in [5, 5.41) is 11.4. The van der Waals surface area contributed by atoms with Crippen LogP contribution in [0, 0.1) is 15.2 Å². The highest BCUT2D eigenvalue weighted by atomic mass is 127. The molecule has 0 aliphatic rings. The molecular weight excluding hydrogens is 439 g/mol. The van der Waals surface area contributed by atoms with Crippen molar-refractivity contribution in [2.45, 2.75) is 0 Å². The van der Waals surface area contributed by atoms with Crippen LogP contribution in [-0.2, 0) is 11.9 Å². The fourth-order valence-corrected chi connectivity index (χ4v) is 2.16. The second-order valence-corrected chi connectivity index (χ2v) is 5.68. The summed E-state index contributed by atoms with van der Waals surface area (Å²) in [4.78, 5) is 26.5. The van der Waals surface area contributed by atoms with E-state index in [9.17, 15) is 18.4 Å². The van der Waals surface area contributed by atoms with E-state index in [2.05, 4.69) is 16.1 Å². The van der Waals surface area contributed by atoms with Crippen molar-refractivity contribution in [2.24, 2.45) is 12.9 Å². The van der Waals surface area contributed by atoms with Gasteiger partial charge in [-0.25, -0.2) is 15.1 Å². The number of hydrogen-bond acceptors (Lipinski definition) is 5. The van der Waals surface area contributed by atoms with Gasteiger partial charge in [0, 0.05) is 16.8 Å². The van der Waals surface area contributed by atoms with Crippen molar-refractivity contribution < 1.29 is 23.5 Å². The van der Waals surface area contributed by atoms with Crippen molar-refractivity contribution >= 4 is 39.9 Å². The lowest BCUT2D eigenvalue weighted by molar-refractivity contribution is 0.0696. The molecular formula is C14H14F2IN3O4. The van der Waals surface area contributed by atoms with Crippen molar-refractivity contribution in [2.75, 3.05) is 12.4 Å². The molecule has 0 bridgehead atoms. The maximum atomic E-state index is 14.0. The lowest BCUT2D eigenvalue weighted by Gasteiger charge is -2.12. The van der Waals surface area contributed by atoms with Crippen molar-refractivity contribution in [3.63, 3.8) is 0 Å². The first-order valence-corrected chi connectivity index (χ1v) is 7.38. The summed E-state index contributed by atoms with van der Waals surface area (Å²) in [6.07, 6.45) is 0.973. The molecule has 0 unspecified atom stereocenters. The molecule has 0 aliphatic carbocycles. The van der Waals surface area contributed by atoms with Crippen LogP contribution in [0.25, 0.3) is 0 Å². The van der Waals surface area contributed by atoms with Crippen molar-refractivity contribution in [3.05, 3.63) is 55.5 Å². The molecule has 4 N–H and O–H groups in total. The second-order valence-electron chi connectivity index (χ2n) is 4.44. The molecule has 1 heterocycles. The maximum Gasteiger partial charge on any atom is 0.339 e. The quantitative estimate of drug-likeness (QED) is 0.486. The Morgan fingerprint density at radius 3 is 2.50 bits per heavy atom. The minimum atomic E-state index is -1.43. The van der Waals surface area contributed by atoms with Gasteiger partial charge < -0.3 is 19.8 Å². The molecule has 0 aliphatic heterocycles. The van der Waals surface area contributed by atoms with E-state index in [1.165, 1.54) is 26.3 Å². The summed E-state index contributed by atoms with van der Waals surface area (Å²) < 4.78 is 29.2. The smallest absolute Gasteiger partial charge is 0.339 e. The summed E-state index contributed by atoms with van der Waals surface area (Å²) in [5.74, 6) is 0.951. The number of nitrogens with zero attached hydrogens (tertiary/aromatic N) is 1. The molecule has 1 aromatic carbocycles. The standard InChI is InChI=1S/C13H9F2IN2O3.CH5NO/c1-18-5-7(13(20)21)11(10(15)12(18)19)17-9-3-2-6(16)4-8(9)14;1-3-2/h2-5,17H,1H3,(H,20,21);2H2,1H3. The molecule has 0 saturated heterocycles. The van der Waals surface area contributed by atoms with E-state index in [-0.39, 0.29) is 5.69 Å². The van der Waals surface area contributed by atoms with E-state index in [1.54, 1.807) is 6.07 Å². The minimum Gasteiger partial charge on any atom is -0.478 e. The third-order valence-corrected chi connectivity index (χ3v) is 3.41. The summed E-state index contributed by atoms with van der Waals surface area (Å²) in [7, 11) is 2.63. The van der Waals surface area contributed by atoms with E-state index in [0.29, 0.717) is 3.57 Å². The number of rotatable bonds is 3. The Balaban J connectivity index is 0.000000891. The maximum absolute atomic E-state index is 14.0. The summed E-state index contributed by atoms with van der Waals surface area (Å²) >= 11 is 1.90. The Kier molecular flexibility index (Phi) is 7.25. The van der Waals surface area contributed by atoms with E-state index in [4.69, 9.17) is 5.11 Å². The van der Waals surface area contributed by atoms with Crippen molar-refractivity contribution in [1.29, 1.82) is 0 Å². The number of halogens is 3. The van der Waals surface area contributed by atoms with Crippen LogP contribution in [0.5, 0.6) is 0 Å². The molecule has 2 rings (SSSR count). The van der Waals surface area contributed by atoms with Crippen LogP contribution >= 0.6 is 22.6 Å². The van der Waals surface area contributed by atoms with Gasteiger partial charge in [0.15, 0.2) is 0 Å². The number of aromatic nitrogens is 1. The van der Waals surface area contributed by atoms with Crippen LogP contribution in [-0.4, -0.2) is 22.8 Å². The predicted octanol–water partition coefficient (Wildman–Crippen LogP) is 2.22. The number of hydrogen-bond donors (Lipinski definition) is 3. The second kappa shape index (κ2) is 8.70. The third-order valence-electron chi connectivity index (χ3n) is 2.74. The number of anilines is 2. The molecule has 0 spiro atoms. The van der Waals surface area contributed by atoms with E-state index >= 15 is 0 Å². The average molecular weight is 453 g/mol. The lowest BCUT2D eigenvalue weighted by atomic mass is 10.2. The van der Waals surface area contributed by atoms with Crippen LogP contribution in [0.4, 0.5) is 20.2 Å². The zero-order chi connectivity index (χ0) is 18.4. The van der Waals surface area contributed by atoms with Gasteiger partial charge in [-0.1, -0.05) is 0 Å². The largest absolute Gasteiger partial charge is 0.478 e. The van der Waals surface area contributed by atoms with Gasteiger partial charge in [0.05, 0.1) is 18.5 Å². The summed E-state index contributed by atoms with van der Waals surface area (Å²) in [6.45, 7) is 0. The van der Waals surface area contributed by atoms with E-state index in [0.717, 1.165) is 10.8 Å². The lowest BCUT2D eigenvalue weighted by Crippen LogP contribution is -2.24. The number of nitrogens with one attached hydrogen (secondary N) is 1.